The van der Waals surface area contributed by atoms with Crippen molar-refractivity contribution in [3.63, 3.8) is 0 Å². The topological polar surface area (TPSA) is 65.0 Å². The minimum atomic E-state index is -0.576. The largest absolute Gasteiger partial charge is 0.342 e. The molecule has 38 heavy (non-hydrogen) atoms. The van der Waals surface area contributed by atoms with Gasteiger partial charge in [0, 0.05) is 45.3 Å². The van der Waals surface area contributed by atoms with E-state index in [0.29, 0.717) is 24.8 Å². The molecule has 6 nitrogen and oxygen atoms in total. The van der Waals surface area contributed by atoms with E-state index >= 15 is 0 Å². The fraction of sp³-hybridized carbons (Fsp3) is 0.700. The monoisotopic (exact) mass is 544 g/mol. The van der Waals surface area contributed by atoms with Gasteiger partial charge in [-0.15, -0.1) is 0 Å². The van der Waals surface area contributed by atoms with Crippen LogP contribution >= 0.6 is 11.9 Å². The zero-order valence-electron chi connectivity index (χ0n) is 23.7. The molecule has 3 aliphatic rings. The maximum absolute atomic E-state index is 13.0. The molecule has 2 aliphatic heterocycles. The van der Waals surface area contributed by atoms with E-state index in [1.54, 1.807) is 11.8 Å². The van der Waals surface area contributed by atoms with Crippen molar-refractivity contribution in [2.45, 2.75) is 90.6 Å². The second-order valence-electron chi connectivity index (χ2n) is 11.6. The number of hydrogen-bond acceptors (Lipinski definition) is 5. The fourth-order valence-electron chi connectivity index (χ4n) is 6.38. The minimum Gasteiger partial charge on any atom is -0.342 e. The Hall–Kier alpha value is -1.93. The number of aliphatic imine (C=N–C) groups is 1. The highest BCUT2D eigenvalue weighted by Gasteiger charge is 2.47. The Morgan fingerprint density at radius 1 is 1.18 bits per heavy atom. The van der Waals surface area contributed by atoms with Crippen molar-refractivity contribution in [2.24, 2.45) is 16.8 Å². The lowest BCUT2D eigenvalue weighted by molar-refractivity contribution is -0.128. The SMILES string of the molecule is CC(=O)N(C)Cc1cc(C)c(CCSN2CCC3(CC2)N=C(C2CCC(CCCF)CC2)NC3=O)c(C)c1. The molecule has 1 N–H and O–H groups in total. The van der Waals surface area contributed by atoms with Gasteiger partial charge in [-0.25, -0.2) is 0 Å². The fourth-order valence-corrected chi connectivity index (χ4v) is 7.37. The van der Waals surface area contributed by atoms with Gasteiger partial charge < -0.3 is 10.2 Å². The highest BCUT2D eigenvalue weighted by atomic mass is 32.2. The first-order valence-corrected chi connectivity index (χ1v) is 15.3. The lowest BCUT2D eigenvalue weighted by Crippen LogP contribution is -2.47. The predicted molar refractivity (Wildman–Crippen MR) is 154 cm³/mol. The van der Waals surface area contributed by atoms with Gasteiger partial charge in [0.05, 0.1) is 6.67 Å². The second-order valence-corrected chi connectivity index (χ2v) is 12.8. The third kappa shape index (κ3) is 6.98. The molecule has 0 atom stereocenters. The number of halogens is 1. The quantitative estimate of drug-likeness (QED) is 0.401. The van der Waals surface area contributed by atoms with Crippen LogP contribution in [0.1, 0.15) is 80.5 Å². The van der Waals surface area contributed by atoms with Crippen LogP contribution in [0.25, 0.3) is 0 Å². The van der Waals surface area contributed by atoms with E-state index < -0.39 is 5.54 Å². The molecular formula is C30H45FN4O2S. The number of rotatable bonds is 10. The summed E-state index contributed by atoms with van der Waals surface area (Å²) in [6.07, 6.45) is 8.57. The van der Waals surface area contributed by atoms with Crippen LogP contribution in [0.5, 0.6) is 0 Å². The maximum atomic E-state index is 13.0. The maximum Gasteiger partial charge on any atom is 0.253 e. The summed E-state index contributed by atoms with van der Waals surface area (Å²) in [6.45, 7) is 8.11. The number of hydrogen-bond donors (Lipinski definition) is 1. The summed E-state index contributed by atoms with van der Waals surface area (Å²) in [4.78, 5) is 31.4. The Bertz CT molecular complexity index is 1010. The number of carbonyl (C=O) groups excluding carboxylic acids is 2. The highest BCUT2D eigenvalue weighted by Crippen LogP contribution is 2.37. The summed E-state index contributed by atoms with van der Waals surface area (Å²) in [5.41, 5.74) is 4.57. The van der Waals surface area contributed by atoms with Crippen LogP contribution in [0.2, 0.25) is 0 Å². The molecule has 210 valence electrons. The van der Waals surface area contributed by atoms with Crippen molar-refractivity contribution in [1.82, 2.24) is 14.5 Å². The molecule has 4 rings (SSSR count). The average molecular weight is 545 g/mol. The first kappa shape index (κ1) is 29.1. The number of aryl methyl sites for hydroxylation is 2. The van der Waals surface area contributed by atoms with Gasteiger partial charge in [0.15, 0.2) is 0 Å². The van der Waals surface area contributed by atoms with Gasteiger partial charge in [0.2, 0.25) is 5.91 Å². The minimum absolute atomic E-state index is 0.0785. The Morgan fingerprint density at radius 2 is 1.84 bits per heavy atom. The van der Waals surface area contributed by atoms with E-state index in [-0.39, 0.29) is 18.5 Å². The Balaban J connectivity index is 1.24. The molecule has 1 aromatic carbocycles. The van der Waals surface area contributed by atoms with Crippen molar-refractivity contribution in [1.29, 1.82) is 0 Å². The van der Waals surface area contributed by atoms with Crippen LogP contribution in [0.15, 0.2) is 17.1 Å². The van der Waals surface area contributed by atoms with Crippen molar-refractivity contribution in [3.05, 3.63) is 34.4 Å². The number of amides is 2. The van der Waals surface area contributed by atoms with Gasteiger partial charge in [0.25, 0.3) is 5.91 Å². The van der Waals surface area contributed by atoms with Gasteiger partial charge >= 0.3 is 0 Å². The summed E-state index contributed by atoms with van der Waals surface area (Å²) in [5.74, 6) is 3.09. The van der Waals surface area contributed by atoms with Crippen molar-refractivity contribution in [2.75, 3.05) is 32.6 Å². The van der Waals surface area contributed by atoms with E-state index in [1.165, 1.54) is 22.3 Å². The molecule has 2 fully saturated rings. The average Bonchev–Trinajstić information content (AvgIpc) is 3.21. The highest BCUT2D eigenvalue weighted by molar-refractivity contribution is 7.97. The molecule has 1 aliphatic carbocycles. The van der Waals surface area contributed by atoms with Crippen LogP contribution in [0.4, 0.5) is 4.39 Å². The normalized spacial score (nSPS) is 23.4. The van der Waals surface area contributed by atoms with Crippen LogP contribution in [-0.2, 0) is 22.6 Å². The zero-order chi connectivity index (χ0) is 27.3. The Labute approximate surface area is 232 Å². The molecule has 1 aromatic rings. The van der Waals surface area contributed by atoms with Gasteiger partial charge in [0.1, 0.15) is 11.4 Å². The number of nitrogens with zero attached hydrogens (tertiary/aromatic N) is 3. The van der Waals surface area contributed by atoms with E-state index in [2.05, 4.69) is 35.6 Å². The van der Waals surface area contributed by atoms with Gasteiger partial charge in [-0.2, -0.15) is 0 Å². The number of amidine groups is 1. The van der Waals surface area contributed by atoms with Gasteiger partial charge in [-0.1, -0.05) is 24.1 Å². The second kappa shape index (κ2) is 12.9. The smallest absolute Gasteiger partial charge is 0.253 e. The van der Waals surface area contributed by atoms with Gasteiger partial charge in [-0.05, 0) is 99.8 Å². The lowest BCUT2D eigenvalue weighted by atomic mass is 9.79. The molecule has 0 unspecified atom stereocenters. The molecule has 8 heteroatoms. The number of nitrogens with one attached hydrogen (secondary N) is 1. The van der Waals surface area contributed by atoms with E-state index in [4.69, 9.17) is 4.99 Å². The number of alkyl halides is 1. The molecule has 0 bridgehead atoms. The lowest BCUT2D eigenvalue weighted by Gasteiger charge is -2.34. The Morgan fingerprint density at radius 3 is 2.45 bits per heavy atom. The molecule has 0 aromatic heterocycles. The third-order valence-corrected chi connectivity index (χ3v) is 9.98. The van der Waals surface area contributed by atoms with Crippen LogP contribution in [0, 0.1) is 25.7 Å². The van der Waals surface area contributed by atoms with Crippen molar-refractivity contribution >= 4 is 29.6 Å². The van der Waals surface area contributed by atoms with E-state index in [9.17, 15) is 14.0 Å². The summed E-state index contributed by atoms with van der Waals surface area (Å²) in [6, 6.07) is 4.42. The molecule has 1 spiro atoms. The summed E-state index contributed by atoms with van der Waals surface area (Å²) < 4.78 is 14.9. The summed E-state index contributed by atoms with van der Waals surface area (Å²) >= 11 is 1.88. The molecule has 2 heterocycles. The van der Waals surface area contributed by atoms with Crippen molar-refractivity contribution < 1.29 is 14.0 Å². The Kier molecular flexibility index (Phi) is 9.90. The first-order chi connectivity index (χ1) is 18.2. The van der Waals surface area contributed by atoms with Crippen LogP contribution in [0.3, 0.4) is 0 Å². The van der Waals surface area contributed by atoms with Crippen LogP contribution in [-0.4, -0.2) is 65.0 Å². The summed E-state index contributed by atoms with van der Waals surface area (Å²) in [5, 5.41) is 3.16. The third-order valence-electron chi connectivity index (χ3n) is 8.87. The van der Waals surface area contributed by atoms with Gasteiger partial charge in [-0.3, -0.25) is 23.3 Å². The zero-order valence-corrected chi connectivity index (χ0v) is 24.5. The molecule has 0 radical (unpaired) electrons. The van der Waals surface area contributed by atoms with E-state index in [0.717, 1.165) is 76.0 Å². The molecule has 1 saturated heterocycles. The predicted octanol–water partition coefficient (Wildman–Crippen LogP) is 5.39. The molecular weight excluding hydrogens is 499 g/mol. The number of carbonyl (C=O) groups is 2. The first-order valence-electron chi connectivity index (χ1n) is 14.4. The molecule has 2 amide bonds. The number of piperidine rings is 1. The van der Waals surface area contributed by atoms with Crippen molar-refractivity contribution in [3.8, 4) is 0 Å². The number of benzene rings is 1. The van der Waals surface area contributed by atoms with Crippen LogP contribution < -0.4 is 5.32 Å². The molecule has 1 saturated carbocycles. The standard InChI is InChI=1S/C30H45FN4O2S/c1-21-18-25(20-34(4)23(3)36)19-22(2)27(21)11-17-38-35-15-12-30(13-16-35)29(37)32-28(33-30)26-9-7-24(8-10-26)6-5-14-31/h18-19,24,26H,5-17,20H2,1-4H3,(H,32,33,37). The summed E-state index contributed by atoms with van der Waals surface area (Å²) in [7, 11) is 1.84. The van der Waals surface area contributed by atoms with E-state index in [1.807, 2.05) is 19.0 Å².